The Morgan fingerprint density at radius 3 is 2.62 bits per heavy atom. The predicted molar refractivity (Wildman–Crippen MR) is 89.5 cm³/mol. The fourth-order valence-electron chi connectivity index (χ4n) is 1.75. The van der Waals surface area contributed by atoms with Gasteiger partial charge in [0.05, 0.1) is 12.2 Å². The van der Waals surface area contributed by atoms with Gasteiger partial charge in [-0.1, -0.05) is 30.3 Å². The lowest BCUT2D eigenvalue weighted by Crippen LogP contribution is -2.82. The zero-order valence-corrected chi connectivity index (χ0v) is 12.6. The number of para-hydroxylation sites is 2. The summed E-state index contributed by atoms with van der Waals surface area (Å²) in [6, 6.07) is 17.5. The van der Waals surface area contributed by atoms with E-state index in [0.29, 0.717) is 11.7 Å². The summed E-state index contributed by atoms with van der Waals surface area (Å²) in [4.78, 5) is 0. The fourth-order valence-corrected chi connectivity index (χ4v) is 1.93. The number of thiocarbonyl (C=S) groups is 1. The monoisotopic (exact) mass is 300 g/mol. The molecule has 0 heterocycles. The first kappa shape index (κ1) is 15.0. The van der Waals surface area contributed by atoms with Crippen LogP contribution in [0.5, 0.6) is 5.75 Å². The van der Waals surface area contributed by atoms with E-state index in [1.165, 1.54) is 0 Å². The third kappa shape index (κ3) is 4.89. The number of benzene rings is 2. The van der Waals surface area contributed by atoms with Crippen LogP contribution in [-0.2, 0) is 0 Å². The molecule has 21 heavy (non-hydrogen) atoms. The topological polar surface area (TPSA) is 47.3 Å². The van der Waals surface area contributed by atoms with Crippen LogP contribution < -0.4 is 20.6 Å². The quantitative estimate of drug-likeness (QED) is 0.445. The highest BCUT2D eigenvalue weighted by atomic mass is 32.1. The molecule has 0 aliphatic heterocycles. The van der Waals surface area contributed by atoms with E-state index in [9.17, 15) is 0 Å². The zero-order chi connectivity index (χ0) is 14.9. The Kier molecular flexibility index (Phi) is 5.72. The van der Waals surface area contributed by atoms with E-state index in [4.69, 9.17) is 17.0 Å². The van der Waals surface area contributed by atoms with Crippen molar-refractivity contribution in [3.63, 3.8) is 0 Å². The van der Waals surface area contributed by atoms with Gasteiger partial charge in [-0.05, 0) is 43.4 Å². The van der Waals surface area contributed by atoms with Gasteiger partial charge in [-0.25, -0.2) is 0 Å². The number of hydrogen-bond donors (Lipinski definition) is 3. The second kappa shape index (κ2) is 8.01. The maximum atomic E-state index is 5.54. The Morgan fingerprint density at radius 1 is 1.14 bits per heavy atom. The summed E-state index contributed by atoms with van der Waals surface area (Å²) in [6.07, 6.45) is 1.81. The Morgan fingerprint density at radius 2 is 1.86 bits per heavy atom. The molecule has 5 heteroatoms. The highest BCUT2D eigenvalue weighted by molar-refractivity contribution is 7.80. The summed E-state index contributed by atoms with van der Waals surface area (Å²) < 4.78 is 5.54. The molecule has 108 valence electrons. The number of hydrazone groups is 1. The number of nitrogens with one attached hydrogen (secondary N) is 3. The van der Waals surface area contributed by atoms with Crippen LogP contribution in [-0.4, -0.2) is 17.9 Å². The van der Waals surface area contributed by atoms with Crippen molar-refractivity contribution in [2.45, 2.75) is 6.92 Å². The standard InChI is InChI=1S/C16H17N3OS/c1-2-20-15-11-7-6-8-13(15)12-17-19-16(21)18-14-9-4-3-5-10-14/h3-12H,2H2,1H3,(H2,18,19,21)/p+1. The molecule has 0 fully saturated rings. The normalized spacial score (nSPS) is 10.3. The Bertz CT molecular complexity index is 614. The first-order chi connectivity index (χ1) is 10.3. The predicted octanol–water partition coefficient (Wildman–Crippen LogP) is 1.49. The molecular formula is C16H18N3OS+. The summed E-state index contributed by atoms with van der Waals surface area (Å²) in [5.74, 6) is 0.830. The van der Waals surface area contributed by atoms with E-state index < -0.39 is 0 Å². The number of rotatable bonds is 5. The molecule has 0 atom stereocenters. The van der Waals surface area contributed by atoms with E-state index in [2.05, 4.69) is 15.8 Å². The van der Waals surface area contributed by atoms with Gasteiger partial charge in [0.25, 0.3) is 0 Å². The Balaban J connectivity index is 1.92. The smallest absolute Gasteiger partial charge is 0.228 e. The van der Waals surface area contributed by atoms with Crippen LogP contribution >= 0.6 is 12.2 Å². The molecule has 2 rings (SSSR count). The molecule has 0 radical (unpaired) electrons. The molecule has 2 aromatic rings. The van der Waals surface area contributed by atoms with E-state index in [1.54, 1.807) is 0 Å². The van der Waals surface area contributed by atoms with Crippen molar-refractivity contribution < 1.29 is 9.84 Å². The third-order valence-electron chi connectivity index (χ3n) is 2.66. The summed E-state index contributed by atoms with van der Waals surface area (Å²) in [5.41, 5.74) is 4.80. The molecule has 0 amide bonds. The first-order valence-electron chi connectivity index (χ1n) is 6.72. The maximum Gasteiger partial charge on any atom is 0.228 e. The lowest BCUT2D eigenvalue weighted by Gasteiger charge is -2.05. The van der Waals surface area contributed by atoms with Crippen molar-refractivity contribution in [1.82, 2.24) is 5.43 Å². The minimum Gasteiger partial charge on any atom is -0.493 e. The number of hydrogen-bond acceptors (Lipinski definition) is 2. The van der Waals surface area contributed by atoms with Gasteiger partial charge in [0.15, 0.2) is 0 Å². The molecule has 3 N–H and O–H groups in total. The molecule has 0 aliphatic rings. The van der Waals surface area contributed by atoms with Gasteiger partial charge < -0.3 is 10.1 Å². The molecule has 0 saturated heterocycles. The zero-order valence-electron chi connectivity index (χ0n) is 11.8. The number of hydrazine groups is 1. The minimum atomic E-state index is 0.492. The Labute approximate surface area is 129 Å². The summed E-state index contributed by atoms with van der Waals surface area (Å²) in [6.45, 7) is 2.59. The summed E-state index contributed by atoms with van der Waals surface area (Å²) >= 11 is 5.20. The van der Waals surface area contributed by atoms with E-state index in [1.807, 2.05) is 67.7 Å². The number of anilines is 1. The lowest BCUT2D eigenvalue weighted by molar-refractivity contribution is -0.499. The summed E-state index contributed by atoms with van der Waals surface area (Å²) in [7, 11) is 0. The van der Waals surface area contributed by atoms with Crippen LogP contribution in [0.2, 0.25) is 0 Å². The van der Waals surface area contributed by atoms with Crippen molar-refractivity contribution in [2.24, 2.45) is 0 Å². The van der Waals surface area contributed by atoms with Gasteiger partial charge in [-0.3, -0.25) is 0 Å². The van der Waals surface area contributed by atoms with Crippen LogP contribution in [0.15, 0.2) is 54.6 Å². The second-order valence-corrected chi connectivity index (χ2v) is 4.61. The van der Waals surface area contributed by atoms with E-state index >= 15 is 0 Å². The van der Waals surface area contributed by atoms with E-state index in [0.717, 1.165) is 17.0 Å². The van der Waals surface area contributed by atoms with Crippen LogP contribution in [0, 0.1) is 0 Å². The molecule has 4 nitrogen and oxygen atoms in total. The highest BCUT2D eigenvalue weighted by Crippen LogP contribution is 2.14. The van der Waals surface area contributed by atoms with Crippen molar-refractivity contribution >= 4 is 29.2 Å². The second-order valence-electron chi connectivity index (χ2n) is 4.20. The van der Waals surface area contributed by atoms with Crippen molar-refractivity contribution in [2.75, 3.05) is 11.9 Å². The van der Waals surface area contributed by atoms with Crippen LogP contribution in [0.4, 0.5) is 5.69 Å². The fraction of sp³-hybridized carbons (Fsp3) is 0.125. The molecule has 0 saturated carbocycles. The molecule has 0 spiro atoms. The van der Waals surface area contributed by atoms with Crippen molar-refractivity contribution in [1.29, 1.82) is 0 Å². The van der Waals surface area contributed by atoms with Crippen LogP contribution in [0.3, 0.4) is 0 Å². The van der Waals surface area contributed by atoms with Crippen LogP contribution in [0.1, 0.15) is 12.5 Å². The van der Waals surface area contributed by atoms with Gasteiger partial charge >= 0.3 is 0 Å². The van der Waals surface area contributed by atoms with Crippen LogP contribution in [0.25, 0.3) is 0 Å². The maximum absolute atomic E-state index is 5.54. The minimum absolute atomic E-state index is 0.492. The van der Waals surface area contributed by atoms with Gasteiger partial charge in [0, 0.05) is 5.69 Å². The summed E-state index contributed by atoms with van der Waals surface area (Å²) in [5, 5.41) is 6.53. The Hall–Kier alpha value is -2.40. The van der Waals surface area contributed by atoms with Gasteiger partial charge in [0.2, 0.25) is 11.3 Å². The average Bonchev–Trinajstić information content (AvgIpc) is 2.50. The van der Waals surface area contributed by atoms with Crippen molar-refractivity contribution in [3.8, 4) is 5.75 Å². The molecule has 0 aromatic heterocycles. The largest absolute Gasteiger partial charge is 0.493 e. The first-order valence-corrected chi connectivity index (χ1v) is 7.13. The molecule has 0 unspecified atom stereocenters. The van der Waals surface area contributed by atoms with Gasteiger partial charge in [-0.15, -0.1) is 10.5 Å². The highest BCUT2D eigenvalue weighted by Gasteiger charge is 2.02. The number of ether oxygens (including phenoxy) is 1. The molecule has 0 bridgehead atoms. The van der Waals surface area contributed by atoms with Gasteiger partial charge in [0.1, 0.15) is 5.75 Å². The SMILES string of the molecule is CCOc1ccccc1C=[NH+]NC(=S)Nc1ccccc1. The lowest BCUT2D eigenvalue weighted by atomic mass is 10.2. The van der Waals surface area contributed by atoms with Crippen molar-refractivity contribution in [3.05, 3.63) is 60.2 Å². The van der Waals surface area contributed by atoms with E-state index in [-0.39, 0.29) is 0 Å². The third-order valence-corrected chi connectivity index (χ3v) is 2.87. The molecule has 2 aromatic carbocycles. The average molecular weight is 300 g/mol. The molecule has 0 aliphatic carbocycles. The van der Waals surface area contributed by atoms with Gasteiger partial charge in [-0.2, -0.15) is 0 Å². The molecular weight excluding hydrogens is 282 g/mol.